The Bertz CT molecular complexity index is 449. The second kappa shape index (κ2) is 6.65. The van der Waals surface area contributed by atoms with E-state index in [-0.39, 0.29) is 11.8 Å². The average molecular weight is 246 g/mol. The van der Waals surface area contributed by atoms with E-state index in [0.29, 0.717) is 12.4 Å². The minimum atomic E-state index is -0.639. The Morgan fingerprint density at radius 2 is 2.22 bits per heavy atom. The van der Waals surface area contributed by atoms with E-state index in [9.17, 15) is 4.79 Å². The molecule has 0 spiro atoms. The minimum absolute atomic E-state index is 0.136. The van der Waals surface area contributed by atoms with Gasteiger partial charge in [0.2, 0.25) is 5.91 Å². The minimum Gasteiger partial charge on any atom is -0.494 e. The Labute approximate surface area is 108 Å². The molecule has 96 valence electrons. The number of nitrogens with one attached hydrogen (secondary N) is 1. The highest BCUT2D eigenvalue weighted by atomic mass is 16.5. The van der Waals surface area contributed by atoms with E-state index in [4.69, 9.17) is 10.00 Å². The topological polar surface area (TPSA) is 62.1 Å². The lowest BCUT2D eigenvalue weighted by Crippen LogP contribution is -2.31. The van der Waals surface area contributed by atoms with Crippen molar-refractivity contribution in [3.63, 3.8) is 0 Å². The molecular weight excluding hydrogens is 228 g/mol. The van der Waals surface area contributed by atoms with Crippen LogP contribution < -0.4 is 10.1 Å². The molecule has 0 saturated carbocycles. The summed E-state index contributed by atoms with van der Waals surface area (Å²) in [5.41, 5.74) is 0.734. The molecule has 4 nitrogen and oxygen atoms in total. The van der Waals surface area contributed by atoms with Gasteiger partial charge in [0.25, 0.3) is 0 Å². The van der Waals surface area contributed by atoms with Crippen LogP contribution in [0.15, 0.2) is 24.3 Å². The summed E-state index contributed by atoms with van der Waals surface area (Å²) >= 11 is 0. The Hall–Kier alpha value is -2.02. The molecule has 0 fully saturated rings. The molecule has 1 unspecified atom stereocenters. The van der Waals surface area contributed by atoms with E-state index in [0.717, 1.165) is 5.56 Å². The SMILES string of the molecule is CCOc1cccc(C(C#N)NC(=O)C(C)C)c1. The van der Waals surface area contributed by atoms with Crippen molar-refractivity contribution in [1.82, 2.24) is 5.32 Å². The zero-order valence-electron chi connectivity index (χ0n) is 10.9. The lowest BCUT2D eigenvalue weighted by molar-refractivity contribution is -0.124. The monoisotopic (exact) mass is 246 g/mol. The van der Waals surface area contributed by atoms with Crippen LogP contribution in [0.4, 0.5) is 0 Å². The molecule has 0 radical (unpaired) electrons. The Kier molecular flexibility index (Phi) is 5.19. The predicted octanol–water partition coefficient (Wildman–Crippen LogP) is 2.42. The Balaban J connectivity index is 2.85. The van der Waals surface area contributed by atoms with Crippen molar-refractivity contribution < 1.29 is 9.53 Å². The van der Waals surface area contributed by atoms with Crippen LogP contribution in [0.3, 0.4) is 0 Å². The van der Waals surface area contributed by atoms with Gasteiger partial charge in [0.1, 0.15) is 11.8 Å². The summed E-state index contributed by atoms with van der Waals surface area (Å²) in [6.07, 6.45) is 0. The van der Waals surface area contributed by atoms with Gasteiger partial charge in [0, 0.05) is 5.92 Å². The lowest BCUT2D eigenvalue weighted by atomic mass is 10.1. The van der Waals surface area contributed by atoms with Crippen molar-refractivity contribution in [2.75, 3.05) is 6.61 Å². The first kappa shape index (κ1) is 14.0. The van der Waals surface area contributed by atoms with Crippen LogP contribution in [0.25, 0.3) is 0 Å². The molecule has 1 rings (SSSR count). The van der Waals surface area contributed by atoms with Crippen molar-refractivity contribution >= 4 is 5.91 Å². The number of nitrogens with zero attached hydrogens (tertiary/aromatic N) is 1. The number of benzene rings is 1. The summed E-state index contributed by atoms with van der Waals surface area (Å²) in [5.74, 6) is 0.424. The summed E-state index contributed by atoms with van der Waals surface area (Å²) in [6.45, 7) is 6.05. The van der Waals surface area contributed by atoms with Crippen molar-refractivity contribution in [3.8, 4) is 11.8 Å². The molecule has 0 aliphatic heterocycles. The molecule has 1 N–H and O–H groups in total. The van der Waals surface area contributed by atoms with Gasteiger partial charge in [0.15, 0.2) is 0 Å². The first-order chi connectivity index (χ1) is 8.58. The van der Waals surface area contributed by atoms with Crippen molar-refractivity contribution in [2.24, 2.45) is 5.92 Å². The summed E-state index contributed by atoms with van der Waals surface area (Å²) < 4.78 is 5.37. The lowest BCUT2D eigenvalue weighted by Gasteiger charge is -2.14. The van der Waals surface area contributed by atoms with Crippen LogP contribution in [0, 0.1) is 17.2 Å². The first-order valence-corrected chi connectivity index (χ1v) is 6.01. The van der Waals surface area contributed by atoms with Crippen LogP contribution >= 0.6 is 0 Å². The van der Waals surface area contributed by atoms with Crippen LogP contribution in [-0.4, -0.2) is 12.5 Å². The normalized spacial score (nSPS) is 11.7. The second-order valence-electron chi connectivity index (χ2n) is 4.23. The van der Waals surface area contributed by atoms with Crippen LogP contribution in [0.5, 0.6) is 5.75 Å². The fraction of sp³-hybridized carbons (Fsp3) is 0.429. The molecule has 1 aromatic carbocycles. The van der Waals surface area contributed by atoms with Gasteiger partial charge in [-0.25, -0.2) is 0 Å². The van der Waals surface area contributed by atoms with Crippen molar-refractivity contribution in [2.45, 2.75) is 26.8 Å². The highest BCUT2D eigenvalue weighted by Crippen LogP contribution is 2.19. The molecule has 0 bridgehead atoms. The van der Waals surface area contributed by atoms with E-state index in [1.807, 2.05) is 19.1 Å². The Morgan fingerprint density at radius 1 is 1.50 bits per heavy atom. The van der Waals surface area contributed by atoms with Gasteiger partial charge in [0.05, 0.1) is 12.7 Å². The number of hydrogen-bond donors (Lipinski definition) is 1. The quantitative estimate of drug-likeness (QED) is 0.867. The maximum atomic E-state index is 11.6. The Morgan fingerprint density at radius 3 is 2.78 bits per heavy atom. The molecule has 1 aromatic rings. The fourth-order valence-corrected chi connectivity index (χ4v) is 1.45. The van der Waals surface area contributed by atoms with E-state index in [2.05, 4.69) is 11.4 Å². The number of amides is 1. The van der Waals surface area contributed by atoms with Gasteiger partial charge < -0.3 is 10.1 Å². The summed E-state index contributed by atoms with van der Waals surface area (Å²) in [5, 5.41) is 11.8. The smallest absolute Gasteiger partial charge is 0.223 e. The van der Waals surface area contributed by atoms with Crippen LogP contribution in [0.1, 0.15) is 32.4 Å². The number of carbonyl (C=O) groups excluding carboxylic acids is 1. The van der Waals surface area contributed by atoms with E-state index in [1.165, 1.54) is 0 Å². The fourth-order valence-electron chi connectivity index (χ4n) is 1.45. The highest BCUT2D eigenvalue weighted by Gasteiger charge is 2.16. The molecule has 0 aromatic heterocycles. The maximum Gasteiger partial charge on any atom is 0.223 e. The standard InChI is InChI=1S/C14H18N2O2/c1-4-18-12-7-5-6-11(8-12)13(9-15)16-14(17)10(2)3/h5-8,10,13H,4H2,1-3H3,(H,16,17). The number of hydrogen-bond acceptors (Lipinski definition) is 3. The molecule has 0 saturated heterocycles. The van der Waals surface area contributed by atoms with Crippen molar-refractivity contribution in [1.29, 1.82) is 5.26 Å². The van der Waals surface area contributed by atoms with Gasteiger partial charge in [-0.15, -0.1) is 0 Å². The zero-order chi connectivity index (χ0) is 13.5. The number of nitriles is 1. The maximum absolute atomic E-state index is 11.6. The molecule has 1 amide bonds. The van der Waals surface area contributed by atoms with E-state index >= 15 is 0 Å². The molecule has 1 atom stereocenters. The average Bonchev–Trinajstić information content (AvgIpc) is 2.36. The third kappa shape index (κ3) is 3.77. The van der Waals surface area contributed by atoms with Crippen LogP contribution in [0.2, 0.25) is 0 Å². The van der Waals surface area contributed by atoms with E-state index in [1.54, 1.807) is 26.0 Å². The van der Waals surface area contributed by atoms with Gasteiger partial charge >= 0.3 is 0 Å². The van der Waals surface area contributed by atoms with Gasteiger partial charge in [-0.2, -0.15) is 5.26 Å². The summed E-state index contributed by atoms with van der Waals surface area (Å²) in [7, 11) is 0. The zero-order valence-corrected chi connectivity index (χ0v) is 10.9. The number of rotatable bonds is 5. The largest absolute Gasteiger partial charge is 0.494 e. The molecule has 0 aliphatic rings. The van der Waals surface area contributed by atoms with Gasteiger partial charge in [-0.3, -0.25) is 4.79 Å². The third-order valence-corrected chi connectivity index (χ3v) is 2.44. The second-order valence-corrected chi connectivity index (χ2v) is 4.23. The van der Waals surface area contributed by atoms with E-state index < -0.39 is 6.04 Å². The van der Waals surface area contributed by atoms with Crippen molar-refractivity contribution in [3.05, 3.63) is 29.8 Å². The molecule has 0 heterocycles. The number of ether oxygens (including phenoxy) is 1. The molecule has 0 aliphatic carbocycles. The molecule has 4 heteroatoms. The van der Waals surface area contributed by atoms with Gasteiger partial charge in [-0.05, 0) is 24.6 Å². The predicted molar refractivity (Wildman–Crippen MR) is 68.9 cm³/mol. The van der Waals surface area contributed by atoms with Crippen LogP contribution in [-0.2, 0) is 4.79 Å². The first-order valence-electron chi connectivity index (χ1n) is 6.01. The molecular formula is C14H18N2O2. The number of carbonyl (C=O) groups is 1. The third-order valence-electron chi connectivity index (χ3n) is 2.44. The summed E-state index contributed by atoms with van der Waals surface area (Å²) in [6, 6.07) is 8.66. The highest BCUT2D eigenvalue weighted by molar-refractivity contribution is 5.78. The summed E-state index contributed by atoms with van der Waals surface area (Å²) in [4.78, 5) is 11.6. The van der Waals surface area contributed by atoms with Gasteiger partial charge in [-0.1, -0.05) is 26.0 Å². The molecule has 18 heavy (non-hydrogen) atoms.